The topological polar surface area (TPSA) is 152 Å². The first-order chi connectivity index (χ1) is 22.7. The molecule has 2 aliphatic heterocycles. The number of carbonyl (C=O) groups excluding carboxylic acids is 3. The quantitative estimate of drug-likeness (QED) is 0.155. The van der Waals surface area contributed by atoms with Crippen molar-refractivity contribution < 1.29 is 28.4 Å². The molecule has 47 heavy (non-hydrogen) atoms. The predicted molar refractivity (Wildman–Crippen MR) is 171 cm³/mol. The first kappa shape index (κ1) is 29.6. The SMILES string of the molecule is O=C(COc1ccc([C@@H]2c3sc(=O)[nH]c3S[C@@H]3[C@@H]4C[C@@H]([C@@H]5C(=O)N(c6ccc([N+](=O)[O-])cc6)C(=O)[C@@H]45)[C@H]23)cc1)Nc1ccc(F)cc1. The number of benzene rings is 3. The molecule has 14 heteroatoms. The van der Waals surface area contributed by atoms with E-state index in [0.717, 1.165) is 33.2 Å². The molecule has 238 valence electrons. The maximum atomic E-state index is 13.9. The van der Waals surface area contributed by atoms with Crippen LogP contribution in [0.25, 0.3) is 0 Å². The second kappa shape index (κ2) is 11.2. The van der Waals surface area contributed by atoms with Gasteiger partial charge in [-0.05, 0) is 78.3 Å². The van der Waals surface area contributed by atoms with Crippen LogP contribution in [0.15, 0.2) is 82.6 Å². The minimum absolute atomic E-state index is 0.00337. The van der Waals surface area contributed by atoms with Gasteiger partial charge in [-0.2, -0.15) is 0 Å². The van der Waals surface area contributed by atoms with Crippen molar-refractivity contribution in [2.75, 3.05) is 16.8 Å². The van der Waals surface area contributed by atoms with Crippen LogP contribution in [0.2, 0.25) is 0 Å². The lowest BCUT2D eigenvalue weighted by atomic mass is 9.68. The van der Waals surface area contributed by atoms with Gasteiger partial charge in [-0.3, -0.25) is 34.2 Å². The molecule has 2 bridgehead atoms. The lowest BCUT2D eigenvalue weighted by Gasteiger charge is -2.43. The number of halogens is 1. The fourth-order valence-electron chi connectivity index (χ4n) is 8.02. The fraction of sp³-hybridized carbons (Fsp3) is 0.273. The summed E-state index contributed by atoms with van der Waals surface area (Å²) < 4.78 is 18.9. The molecule has 2 aliphatic carbocycles. The third kappa shape index (κ3) is 4.85. The number of aromatic amines is 1. The number of thiazole rings is 1. The molecule has 8 rings (SSSR count). The van der Waals surface area contributed by atoms with E-state index in [1.807, 2.05) is 12.1 Å². The van der Waals surface area contributed by atoms with Crippen molar-refractivity contribution in [2.24, 2.45) is 29.6 Å². The minimum atomic E-state index is -0.525. The van der Waals surface area contributed by atoms with Gasteiger partial charge in [0.05, 0.1) is 27.5 Å². The molecule has 11 nitrogen and oxygen atoms in total. The predicted octanol–water partition coefficient (Wildman–Crippen LogP) is 5.18. The van der Waals surface area contributed by atoms with Gasteiger partial charge in [0.15, 0.2) is 6.61 Å². The molecule has 3 aromatic carbocycles. The molecule has 4 aliphatic rings. The van der Waals surface area contributed by atoms with E-state index in [-0.39, 0.29) is 57.9 Å². The van der Waals surface area contributed by atoms with Crippen molar-refractivity contribution in [1.29, 1.82) is 0 Å². The zero-order chi connectivity index (χ0) is 32.6. The number of carbonyl (C=O) groups is 3. The van der Waals surface area contributed by atoms with Gasteiger partial charge >= 0.3 is 4.87 Å². The summed E-state index contributed by atoms with van der Waals surface area (Å²) >= 11 is 2.75. The number of fused-ring (bicyclic) bond motifs is 9. The minimum Gasteiger partial charge on any atom is -0.484 e. The van der Waals surface area contributed by atoms with Gasteiger partial charge in [0.2, 0.25) is 11.8 Å². The Hall–Kier alpha value is -4.82. The number of rotatable bonds is 7. The zero-order valence-corrected chi connectivity index (χ0v) is 26.0. The number of nitro benzene ring substituents is 1. The summed E-state index contributed by atoms with van der Waals surface area (Å²) in [6, 6.07) is 18.3. The molecule has 7 atom stereocenters. The summed E-state index contributed by atoms with van der Waals surface area (Å²) in [7, 11) is 0. The third-order valence-electron chi connectivity index (χ3n) is 9.78. The largest absolute Gasteiger partial charge is 0.484 e. The Morgan fingerprint density at radius 3 is 2.34 bits per heavy atom. The Morgan fingerprint density at radius 2 is 1.66 bits per heavy atom. The number of aromatic nitrogens is 1. The van der Waals surface area contributed by atoms with Crippen molar-refractivity contribution in [3.8, 4) is 5.75 Å². The van der Waals surface area contributed by atoms with Gasteiger partial charge in [-0.1, -0.05) is 23.5 Å². The number of H-pyrrole nitrogens is 1. The van der Waals surface area contributed by atoms with E-state index < -0.39 is 28.5 Å². The summed E-state index contributed by atoms with van der Waals surface area (Å²) in [6.07, 6.45) is 0.725. The van der Waals surface area contributed by atoms with Crippen LogP contribution in [-0.2, 0) is 14.4 Å². The number of nitrogens with one attached hydrogen (secondary N) is 2. The van der Waals surface area contributed by atoms with E-state index in [4.69, 9.17) is 4.74 Å². The molecule has 1 aromatic heterocycles. The molecule has 0 radical (unpaired) electrons. The van der Waals surface area contributed by atoms with Crippen LogP contribution < -0.4 is 19.8 Å². The Bertz CT molecular complexity index is 2000. The van der Waals surface area contributed by atoms with E-state index in [1.54, 1.807) is 23.9 Å². The Kier molecular flexibility index (Phi) is 7.02. The number of ether oxygens (including phenoxy) is 1. The summed E-state index contributed by atoms with van der Waals surface area (Å²) in [4.78, 5) is 68.2. The Balaban J connectivity index is 1.05. The van der Waals surface area contributed by atoms with Crippen LogP contribution >= 0.6 is 23.1 Å². The van der Waals surface area contributed by atoms with Crippen LogP contribution in [-0.4, -0.2) is 39.5 Å². The highest BCUT2D eigenvalue weighted by Crippen LogP contribution is 2.68. The maximum absolute atomic E-state index is 13.9. The summed E-state index contributed by atoms with van der Waals surface area (Å²) in [5, 5.41) is 14.6. The summed E-state index contributed by atoms with van der Waals surface area (Å²) in [5.41, 5.74) is 1.60. The second-order valence-electron chi connectivity index (χ2n) is 12.2. The number of hydrogen-bond donors (Lipinski definition) is 2. The standard InChI is InChI=1S/C33H25FN4O7S2/c34-16-3-5-17(6-4-16)35-23(39)14-45-20-11-1-15(2-12-20)24-25-21-13-22(28(25)46-30-29(24)47-33(42)36-30)27-26(21)31(40)37(32(27)41)18-7-9-19(10-8-18)38(43)44/h1-12,21-22,24-28H,13-14H2,(H,35,39)(H,36,42)/t21-,22-,24+,25-,26+,27+,28-/m1/s1. The molecular weight excluding hydrogens is 648 g/mol. The number of nitrogens with zero attached hydrogens (tertiary/aromatic N) is 2. The summed E-state index contributed by atoms with van der Waals surface area (Å²) in [5.74, 6) is -2.24. The number of non-ortho nitro benzene ring substituents is 1. The van der Waals surface area contributed by atoms with E-state index in [2.05, 4.69) is 10.3 Å². The zero-order valence-electron chi connectivity index (χ0n) is 24.3. The summed E-state index contributed by atoms with van der Waals surface area (Å²) in [6.45, 7) is -0.251. The molecule has 0 unspecified atom stereocenters. The van der Waals surface area contributed by atoms with Crippen LogP contribution in [0.5, 0.6) is 5.75 Å². The van der Waals surface area contributed by atoms with Crippen molar-refractivity contribution in [3.63, 3.8) is 0 Å². The van der Waals surface area contributed by atoms with Crippen molar-refractivity contribution >= 4 is 57.9 Å². The number of nitro groups is 1. The molecule has 3 fully saturated rings. The Morgan fingerprint density at radius 1 is 0.979 bits per heavy atom. The molecule has 1 saturated heterocycles. The van der Waals surface area contributed by atoms with Gasteiger partial charge in [-0.25, -0.2) is 4.39 Å². The molecule has 0 spiro atoms. The van der Waals surface area contributed by atoms with Crippen LogP contribution in [0.4, 0.5) is 21.5 Å². The number of imide groups is 1. The molecule has 2 saturated carbocycles. The van der Waals surface area contributed by atoms with E-state index in [0.29, 0.717) is 17.1 Å². The smallest absolute Gasteiger partial charge is 0.305 e. The third-order valence-corrected chi connectivity index (χ3v) is 12.4. The van der Waals surface area contributed by atoms with Crippen LogP contribution in [0.1, 0.15) is 22.8 Å². The van der Waals surface area contributed by atoms with E-state index in [9.17, 15) is 33.7 Å². The second-order valence-corrected chi connectivity index (χ2v) is 14.4. The Labute approximate surface area is 274 Å². The average Bonchev–Trinajstić information content (AvgIpc) is 3.80. The van der Waals surface area contributed by atoms with Gasteiger partial charge in [0.25, 0.3) is 11.6 Å². The first-order valence-electron chi connectivity index (χ1n) is 15.0. The fourth-order valence-corrected chi connectivity index (χ4v) is 10.9. The molecular formula is C33H25FN4O7S2. The lowest BCUT2D eigenvalue weighted by Crippen LogP contribution is -2.42. The average molecular weight is 673 g/mol. The highest BCUT2D eigenvalue weighted by molar-refractivity contribution is 8.00. The van der Waals surface area contributed by atoms with E-state index in [1.165, 1.54) is 53.4 Å². The number of hydrogen-bond acceptors (Lipinski definition) is 9. The monoisotopic (exact) mass is 672 g/mol. The molecule has 4 aromatic rings. The number of thioether (sulfide) groups is 1. The highest BCUT2D eigenvalue weighted by atomic mass is 32.2. The number of amides is 3. The van der Waals surface area contributed by atoms with Crippen molar-refractivity contribution in [2.45, 2.75) is 22.6 Å². The first-order valence-corrected chi connectivity index (χ1v) is 16.7. The van der Waals surface area contributed by atoms with Gasteiger partial charge in [0.1, 0.15) is 11.6 Å². The normalized spacial score (nSPS) is 26.9. The van der Waals surface area contributed by atoms with Gasteiger partial charge < -0.3 is 15.0 Å². The number of anilines is 2. The van der Waals surface area contributed by atoms with E-state index >= 15 is 0 Å². The molecule has 3 amide bonds. The van der Waals surface area contributed by atoms with Crippen LogP contribution in [0, 0.1) is 45.5 Å². The lowest BCUT2D eigenvalue weighted by molar-refractivity contribution is -0.384. The maximum Gasteiger partial charge on any atom is 0.305 e. The van der Waals surface area contributed by atoms with Crippen molar-refractivity contribution in [3.05, 3.63) is 109 Å². The van der Waals surface area contributed by atoms with Gasteiger partial charge in [-0.15, -0.1) is 11.8 Å². The van der Waals surface area contributed by atoms with Crippen LogP contribution in [0.3, 0.4) is 0 Å². The van der Waals surface area contributed by atoms with Crippen molar-refractivity contribution in [1.82, 2.24) is 4.98 Å². The molecule has 3 heterocycles. The highest BCUT2D eigenvalue weighted by Gasteiger charge is 2.69. The molecule has 2 N–H and O–H groups in total. The van der Waals surface area contributed by atoms with Gasteiger partial charge in [0, 0.05) is 33.9 Å².